The molecule has 2 aromatic rings. The molecule has 1 aliphatic rings. The van der Waals surface area contributed by atoms with Crippen LogP contribution in [-0.4, -0.2) is 42.0 Å². The molecule has 1 unspecified atom stereocenters. The monoisotopic (exact) mass is 382 g/mol. The van der Waals surface area contributed by atoms with Gasteiger partial charge in [-0.2, -0.15) is 0 Å². The van der Waals surface area contributed by atoms with Gasteiger partial charge in [-0.3, -0.25) is 19.4 Å². The number of benzene rings is 1. The molecule has 28 heavy (non-hydrogen) atoms. The summed E-state index contributed by atoms with van der Waals surface area (Å²) in [6.45, 7) is 2.59. The van der Waals surface area contributed by atoms with Gasteiger partial charge in [0.05, 0.1) is 17.2 Å². The zero-order chi connectivity index (χ0) is 19.9. The molecule has 1 aromatic heterocycles. The van der Waals surface area contributed by atoms with Gasteiger partial charge in [0.15, 0.2) is 0 Å². The highest BCUT2D eigenvalue weighted by atomic mass is 16.5. The van der Waals surface area contributed by atoms with Crippen molar-refractivity contribution >= 4 is 29.1 Å². The van der Waals surface area contributed by atoms with Crippen LogP contribution in [0.15, 0.2) is 42.7 Å². The summed E-state index contributed by atoms with van der Waals surface area (Å²) in [6, 6.07) is 8.22. The van der Waals surface area contributed by atoms with Crippen molar-refractivity contribution < 1.29 is 19.1 Å². The van der Waals surface area contributed by atoms with E-state index >= 15 is 0 Å². The summed E-state index contributed by atoms with van der Waals surface area (Å²) in [4.78, 5) is 39.8. The molecule has 1 aliphatic heterocycles. The molecule has 0 aliphatic carbocycles. The summed E-state index contributed by atoms with van der Waals surface area (Å²) in [5.41, 5.74) is 1.78. The first kappa shape index (κ1) is 19.5. The summed E-state index contributed by atoms with van der Waals surface area (Å²) < 4.78 is 5.48. The number of carbonyl (C=O) groups is 3. The van der Waals surface area contributed by atoms with Crippen molar-refractivity contribution in [3.05, 3.63) is 53.9 Å². The van der Waals surface area contributed by atoms with E-state index in [0.717, 1.165) is 19.4 Å². The molecule has 1 aromatic carbocycles. The summed E-state index contributed by atoms with van der Waals surface area (Å²) in [5, 5.41) is 8.20. The number of aromatic nitrogens is 1. The minimum absolute atomic E-state index is 0.0452. The molecule has 3 N–H and O–H groups in total. The number of nitrogens with zero attached hydrogens (tertiary/aromatic N) is 1. The van der Waals surface area contributed by atoms with Crippen molar-refractivity contribution in [2.75, 3.05) is 23.8 Å². The summed E-state index contributed by atoms with van der Waals surface area (Å²) >= 11 is 0. The Kier molecular flexibility index (Phi) is 6.33. The lowest BCUT2D eigenvalue weighted by Crippen LogP contribution is -2.32. The quantitative estimate of drug-likeness (QED) is 0.710. The second kappa shape index (κ2) is 9.09. The average molecular weight is 382 g/mol. The SMILES string of the molecule is CC(=O)Nc1ccc(NC(=O)c2cncc(C(=O)NCC3CCCO3)c2)cc1. The first-order valence-electron chi connectivity index (χ1n) is 9.05. The Morgan fingerprint density at radius 3 is 2.29 bits per heavy atom. The van der Waals surface area contributed by atoms with Gasteiger partial charge in [0.25, 0.3) is 11.8 Å². The van der Waals surface area contributed by atoms with Crippen LogP contribution < -0.4 is 16.0 Å². The summed E-state index contributed by atoms with van der Waals surface area (Å²) in [5.74, 6) is -0.844. The van der Waals surface area contributed by atoms with E-state index < -0.39 is 0 Å². The van der Waals surface area contributed by atoms with Crippen LogP contribution in [-0.2, 0) is 9.53 Å². The number of anilines is 2. The zero-order valence-electron chi connectivity index (χ0n) is 15.5. The number of pyridine rings is 1. The van der Waals surface area contributed by atoms with Crippen molar-refractivity contribution in [2.24, 2.45) is 0 Å². The van der Waals surface area contributed by atoms with Gasteiger partial charge in [0.2, 0.25) is 5.91 Å². The van der Waals surface area contributed by atoms with Gasteiger partial charge in [-0.15, -0.1) is 0 Å². The lowest BCUT2D eigenvalue weighted by atomic mass is 10.1. The number of nitrogens with one attached hydrogen (secondary N) is 3. The minimum atomic E-state index is -0.381. The van der Waals surface area contributed by atoms with Crippen LogP contribution in [0.5, 0.6) is 0 Å². The second-order valence-corrected chi connectivity index (χ2v) is 6.52. The van der Waals surface area contributed by atoms with Gasteiger partial charge < -0.3 is 20.7 Å². The van der Waals surface area contributed by atoms with E-state index in [9.17, 15) is 14.4 Å². The largest absolute Gasteiger partial charge is 0.376 e. The average Bonchev–Trinajstić information content (AvgIpc) is 3.21. The van der Waals surface area contributed by atoms with Crippen LogP contribution in [0.3, 0.4) is 0 Å². The van der Waals surface area contributed by atoms with Crippen LogP contribution in [0.1, 0.15) is 40.5 Å². The Morgan fingerprint density at radius 2 is 1.68 bits per heavy atom. The Balaban J connectivity index is 1.59. The highest BCUT2D eigenvalue weighted by Gasteiger charge is 2.17. The van der Waals surface area contributed by atoms with Crippen LogP contribution in [0, 0.1) is 0 Å². The van der Waals surface area contributed by atoms with Crippen molar-refractivity contribution in [1.82, 2.24) is 10.3 Å². The number of ether oxygens (including phenoxy) is 1. The number of carbonyl (C=O) groups excluding carboxylic acids is 3. The van der Waals surface area contributed by atoms with E-state index in [2.05, 4.69) is 20.9 Å². The van der Waals surface area contributed by atoms with E-state index in [4.69, 9.17) is 4.74 Å². The third kappa shape index (κ3) is 5.37. The Morgan fingerprint density at radius 1 is 1.04 bits per heavy atom. The maximum absolute atomic E-state index is 12.4. The fraction of sp³-hybridized carbons (Fsp3) is 0.300. The first-order chi connectivity index (χ1) is 13.5. The van der Waals surface area contributed by atoms with Gasteiger partial charge in [-0.1, -0.05) is 0 Å². The molecule has 3 amide bonds. The molecule has 0 radical (unpaired) electrons. The first-order valence-corrected chi connectivity index (χ1v) is 9.05. The van der Waals surface area contributed by atoms with Crippen LogP contribution in [0.2, 0.25) is 0 Å². The predicted octanol–water partition coefficient (Wildman–Crippen LogP) is 2.20. The maximum Gasteiger partial charge on any atom is 0.257 e. The molecule has 1 atom stereocenters. The number of hydrogen-bond acceptors (Lipinski definition) is 5. The molecular weight excluding hydrogens is 360 g/mol. The molecular formula is C20H22N4O4. The van der Waals surface area contributed by atoms with Gasteiger partial charge in [0.1, 0.15) is 0 Å². The molecule has 8 heteroatoms. The lowest BCUT2D eigenvalue weighted by molar-refractivity contribution is -0.114. The smallest absolute Gasteiger partial charge is 0.257 e. The Bertz CT molecular complexity index is 861. The van der Waals surface area contributed by atoms with Crippen molar-refractivity contribution in [1.29, 1.82) is 0 Å². The summed E-state index contributed by atoms with van der Waals surface area (Å²) in [6.07, 6.45) is 4.80. The van der Waals surface area contributed by atoms with Crippen molar-refractivity contribution in [2.45, 2.75) is 25.9 Å². The second-order valence-electron chi connectivity index (χ2n) is 6.52. The molecule has 0 bridgehead atoms. The molecule has 0 spiro atoms. The van der Waals surface area contributed by atoms with Gasteiger partial charge in [-0.25, -0.2) is 0 Å². The highest BCUT2D eigenvalue weighted by Crippen LogP contribution is 2.15. The number of rotatable bonds is 6. The van der Waals surface area contributed by atoms with E-state index in [1.807, 2.05) is 0 Å². The van der Waals surface area contributed by atoms with Crippen molar-refractivity contribution in [3.8, 4) is 0 Å². The Labute approximate surface area is 162 Å². The molecule has 0 saturated carbocycles. The van der Waals surface area contributed by atoms with Gasteiger partial charge in [-0.05, 0) is 43.2 Å². The molecule has 1 fully saturated rings. The number of hydrogen-bond donors (Lipinski definition) is 3. The van der Waals surface area contributed by atoms with Crippen LogP contribution in [0.25, 0.3) is 0 Å². The highest BCUT2D eigenvalue weighted by molar-refractivity contribution is 6.06. The predicted molar refractivity (Wildman–Crippen MR) is 104 cm³/mol. The minimum Gasteiger partial charge on any atom is -0.376 e. The molecule has 3 rings (SSSR count). The van der Waals surface area contributed by atoms with Gasteiger partial charge in [0, 0.05) is 43.8 Å². The lowest BCUT2D eigenvalue weighted by Gasteiger charge is -2.11. The van der Waals surface area contributed by atoms with E-state index in [0.29, 0.717) is 23.5 Å². The number of amides is 3. The third-order valence-electron chi connectivity index (χ3n) is 4.24. The summed E-state index contributed by atoms with van der Waals surface area (Å²) in [7, 11) is 0. The van der Waals surface area contributed by atoms with Crippen molar-refractivity contribution in [3.63, 3.8) is 0 Å². The maximum atomic E-state index is 12.4. The molecule has 2 heterocycles. The topological polar surface area (TPSA) is 109 Å². The van der Waals surface area contributed by atoms with Crippen LogP contribution in [0.4, 0.5) is 11.4 Å². The zero-order valence-corrected chi connectivity index (χ0v) is 15.5. The fourth-order valence-electron chi connectivity index (χ4n) is 2.85. The molecule has 8 nitrogen and oxygen atoms in total. The standard InChI is InChI=1S/C20H22N4O4/c1-13(25)23-16-4-6-17(7-5-16)24-20(27)15-9-14(10-21-11-15)19(26)22-12-18-3-2-8-28-18/h4-7,9-11,18H,2-3,8,12H2,1H3,(H,22,26)(H,23,25)(H,24,27). The Hall–Kier alpha value is -3.26. The molecule has 146 valence electrons. The van der Waals surface area contributed by atoms with Crippen LogP contribution >= 0.6 is 0 Å². The van der Waals surface area contributed by atoms with E-state index in [-0.39, 0.29) is 29.4 Å². The fourth-order valence-corrected chi connectivity index (χ4v) is 2.85. The van der Waals surface area contributed by atoms with Gasteiger partial charge >= 0.3 is 0 Å². The van der Waals surface area contributed by atoms with E-state index in [1.165, 1.54) is 25.4 Å². The van der Waals surface area contributed by atoms with E-state index in [1.54, 1.807) is 24.3 Å². The molecule has 1 saturated heterocycles. The normalized spacial score (nSPS) is 15.7. The third-order valence-corrected chi connectivity index (χ3v) is 4.24.